The molecular weight excluding hydrogens is 224 g/mol. The van der Waals surface area contributed by atoms with E-state index in [1.165, 1.54) is 20.9 Å². The van der Waals surface area contributed by atoms with E-state index in [1.54, 1.807) is 0 Å². The van der Waals surface area contributed by atoms with Crippen molar-refractivity contribution >= 4 is 11.8 Å². The van der Waals surface area contributed by atoms with Gasteiger partial charge in [0, 0.05) is 9.79 Å². The first-order valence-electron chi connectivity index (χ1n) is 6.06. The molecule has 0 aliphatic rings. The SMILES string of the molecule is CC.Cc1ccccc1Sc1ccccc1C. The summed E-state index contributed by atoms with van der Waals surface area (Å²) in [6.07, 6.45) is 0. The molecule has 90 valence electrons. The van der Waals surface area contributed by atoms with E-state index in [4.69, 9.17) is 0 Å². The smallest absolute Gasteiger partial charge is 0.0151 e. The maximum absolute atomic E-state index is 2.17. The largest absolute Gasteiger partial charge is 0.0895 e. The average Bonchev–Trinajstić information content (AvgIpc) is 2.37. The highest BCUT2D eigenvalue weighted by atomic mass is 32.2. The highest BCUT2D eigenvalue weighted by molar-refractivity contribution is 7.99. The van der Waals surface area contributed by atoms with E-state index in [-0.39, 0.29) is 0 Å². The molecule has 17 heavy (non-hydrogen) atoms. The molecule has 2 rings (SSSR count). The van der Waals surface area contributed by atoms with Gasteiger partial charge in [0.2, 0.25) is 0 Å². The van der Waals surface area contributed by atoms with E-state index < -0.39 is 0 Å². The molecule has 2 aromatic carbocycles. The first-order valence-corrected chi connectivity index (χ1v) is 6.88. The molecule has 0 spiro atoms. The van der Waals surface area contributed by atoms with Gasteiger partial charge in [0.05, 0.1) is 0 Å². The van der Waals surface area contributed by atoms with Crippen LogP contribution in [-0.2, 0) is 0 Å². The van der Waals surface area contributed by atoms with Crippen LogP contribution in [0.15, 0.2) is 58.3 Å². The van der Waals surface area contributed by atoms with Gasteiger partial charge in [-0.3, -0.25) is 0 Å². The Hall–Kier alpha value is -1.21. The second-order valence-corrected chi connectivity index (χ2v) is 4.72. The minimum absolute atomic E-state index is 1.34. The summed E-state index contributed by atoms with van der Waals surface area (Å²) in [7, 11) is 0. The maximum Gasteiger partial charge on any atom is 0.0151 e. The van der Waals surface area contributed by atoms with Gasteiger partial charge < -0.3 is 0 Å². The van der Waals surface area contributed by atoms with E-state index in [2.05, 4.69) is 62.4 Å². The van der Waals surface area contributed by atoms with Gasteiger partial charge in [-0.15, -0.1) is 0 Å². The summed E-state index contributed by atoms with van der Waals surface area (Å²) in [5.74, 6) is 0. The van der Waals surface area contributed by atoms with Crippen LogP contribution in [0.4, 0.5) is 0 Å². The van der Waals surface area contributed by atoms with Crippen LogP contribution in [-0.4, -0.2) is 0 Å². The Kier molecular flexibility index (Phi) is 5.85. The number of benzene rings is 2. The molecule has 0 amide bonds. The van der Waals surface area contributed by atoms with Crippen molar-refractivity contribution in [3.8, 4) is 0 Å². The first kappa shape index (κ1) is 13.9. The van der Waals surface area contributed by atoms with Crippen molar-refractivity contribution in [2.45, 2.75) is 37.5 Å². The van der Waals surface area contributed by atoms with Crippen LogP contribution in [0, 0.1) is 13.8 Å². The Morgan fingerprint density at radius 1 is 0.647 bits per heavy atom. The summed E-state index contributed by atoms with van der Waals surface area (Å²) in [6, 6.07) is 17.0. The van der Waals surface area contributed by atoms with Crippen molar-refractivity contribution in [2.75, 3.05) is 0 Å². The van der Waals surface area contributed by atoms with Crippen molar-refractivity contribution < 1.29 is 0 Å². The second kappa shape index (κ2) is 7.18. The number of aryl methyl sites for hydroxylation is 2. The molecule has 0 heterocycles. The van der Waals surface area contributed by atoms with Crippen molar-refractivity contribution in [3.63, 3.8) is 0 Å². The fourth-order valence-electron chi connectivity index (χ4n) is 1.46. The maximum atomic E-state index is 2.17. The summed E-state index contributed by atoms with van der Waals surface area (Å²) in [4.78, 5) is 2.68. The van der Waals surface area contributed by atoms with Crippen molar-refractivity contribution in [3.05, 3.63) is 59.7 Å². The molecule has 0 unspecified atom stereocenters. The molecule has 0 saturated heterocycles. The molecule has 0 saturated carbocycles. The molecule has 0 radical (unpaired) electrons. The highest BCUT2D eigenvalue weighted by Crippen LogP contribution is 2.31. The molecule has 0 nitrogen and oxygen atoms in total. The van der Waals surface area contributed by atoms with Crippen molar-refractivity contribution in [1.29, 1.82) is 0 Å². The molecule has 2 aromatic rings. The summed E-state index contributed by atoms with van der Waals surface area (Å²) in [6.45, 7) is 8.31. The minimum Gasteiger partial charge on any atom is -0.0895 e. The summed E-state index contributed by atoms with van der Waals surface area (Å²) in [5.41, 5.74) is 2.68. The molecule has 0 aliphatic carbocycles. The third-order valence-electron chi connectivity index (χ3n) is 2.41. The third-order valence-corrected chi connectivity index (χ3v) is 3.76. The second-order valence-electron chi connectivity index (χ2n) is 3.63. The minimum atomic E-state index is 1.34. The predicted molar refractivity (Wildman–Crippen MR) is 77.8 cm³/mol. The molecule has 0 bridgehead atoms. The third kappa shape index (κ3) is 3.94. The summed E-state index contributed by atoms with van der Waals surface area (Å²) < 4.78 is 0. The molecular formula is C16H20S. The van der Waals surface area contributed by atoms with Crippen LogP contribution in [0.5, 0.6) is 0 Å². The molecule has 0 atom stereocenters. The van der Waals surface area contributed by atoms with Crippen LogP contribution < -0.4 is 0 Å². The quantitative estimate of drug-likeness (QED) is 0.674. The lowest BCUT2D eigenvalue weighted by molar-refractivity contribution is 1.26. The van der Waals surface area contributed by atoms with E-state index in [0.29, 0.717) is 0 Å². The Bertz CT molecular complexity index is 417. The molecule has 1 heteroatoms. The lowest BCUT2D eigenvalue weighted by atomic mass is 10.2. The van der Waals surface area contributed by atoms with Gasteiger partial charge in [0.15, 0.2) is 0 Å². The predicted octanol–water partition coefficient (Wildman–Crippen LogP) is 5.48. The zero-order valence-corrected chi connectivity index (χ0v) is 11.8. The molecule has 0 N–H and O–H groups in total. The molecule has 0 aliphatic heterocycles. The Morgan fingerprint density at radius 3 is 1.35 bits per heavy atom. The topological polar surface area (TPSA) is 0 Å². The van der Waals surface area contributed by atoms with Gasteiger partial charge in [-0.1, -0.05) is 62.0 Å². The molecule has 0 fully saturated rings. The Labute approximate surface area is 109 Å². The number of rotatable bonds is 2. The average molecular weight is 244 g/mol. The summed E-state index contributed by atoms with van der Waals surface area (Å²) in [5, 5.41) is 0. The van der Waals surface area contributed by atoms with Crippen molar-refractivity contribution in [1.82, 2.24) is 0 Å². The fraction of sp³-hybridized carbons (Fsp3) is 0.250. The lowest BCUT2D eigenvalue weighted by Crippen LogP contribution is -1.81. The molecule has 0 aromatic heterocycles. The van der Waals surface area contributed by atoms with Gasteiger partial charge in [-0.2, -0.15) is 0 Å². The highest BCUT2D eigenvalue weighted by Gasteiger charge is 2.01. The Balaban J connectivity index is 0.000000686. The number of hydrogen-bond donors (Lipinski definition) is 0. The van der Waals surface area contributed by atoms with Gasteiger partial charge in [-0.25, -0.2) is 0 Å². The van der Waals surface area contributed by atoms with E-state index in [0.717, 1.165) is 0 Å². The zero-order valence-electron chi connectivity index (χ0n) is 11.0. The van der Waals surface area contributed by atoms with Crippen LogP contribution in [0.1, 0.15) is 25.0 Å². The van der Waals surface area contributed by atoms with Gasteiger partial charge in [-0.05, 0) is 37.1 Å². The van der Waals surface area contributed by atoms with Gasteiger partial charge in [0.25, 0.3) is 0 Å². The monoisotopic (exact) mass is 244 g/mol. The zero-order chi connectivity index (χ0) is 12.7. The standard InChI is InChI=1S/C14H14S.C2H6/c1-11-7-3-5-9-13(11)15-14-10-6-4-8-12(14)2;1-2/h3-10H,1-2H3;1-2H3. The summed E-state index contributed by atoms with van der Waals surface area (Å²) >= 11 is 1.84. The van der Waals surface area contributed by atoms with Crippen molar-refractivity contribution in [2.24, 2.45) is 0 Å². The lowest BCUT2D eigenvalue weighted by Gasteiger charge is -2.07. The number of hydrogen-bond acceptors (Lipinski definition) is 1. The van der Waals surface area contributed by atoms with Gasteiger partial charge in [0.1, 0.15) is 0 Å². The van der Waals surface area contributed by atoms with Gasteiger partial charge >= 0.3 is 0 Å². The van der Waals surface area contributed by atoms with Crippen LogP contribution >= 0.6 is 11.8 Å². The first-order chi connectivity index (χ1) is 8.27. The Morgan fingerprint density at radius 2 is 1.00 bits per heavy atom. The fourth-order valence-corrected chi connectivity index (χ4v) is 2.45. The van der Waals surface area contributed by atoms with Crippen LogP contribution in [0.2, 0.25) is 0 Å². The van der Waals surface area contributed by atoms with E-state index in [1.807, 2.05) is 25.6 Å². The normalized spacial score (nSPS) is 9.41. The van der Waals surface area contributed by atoms with Crippen LogP contribution in [0.3, 0.4) is 0 Å². The van der Waals surface area contributed by atoms with E-state index >= 15 is 0 Å². The van der Waals surface area contributed by atoms with E-state index in [9.17, 15) is 0 Å². The van der Waals surface area contributed by atoms with Crippen LogP contribution in [0.25, 0.3) is 0 Å².